The van der Waals surface area contributed by atoms with E-state index < -0.39 is 23.8 Å². The number of halogens is 3. The summed E-state index contributed by atoms with van der Waals surface area (Å²) < 4.78 is 44.8. The fraction of sp³-hybridized carbons (Fsp3) is 0.438. The Bertz CT molecular complexity index is 557. The van der Waals surface area contributed by atoms with Crippen LogP contribution in [0.4, 0.5) is 24.5 Å². The molecule has 0 saturated carbocycles. The van der Waals surface area contributed by atoms with Gasteiger partial charge in [0.15, 0.2) is 0 Å². The summed E-state index contributed by atoms with van der Waals surface area (Å²) in [5, 5.41) is 2.28. The van der Waals surface area contributed by atoms with Crippen LogP contribution < -0.4 is 10.2 Å². The average molecular weight is 330 g/mol. The number of alkyl halides is 3. The summed E-state index contributed by atoms with van der Waals surface area (Å²) in [5.74, 6) is -0.628. The van der Waals surface area contributed by atoms with Crippen LogP contribution in [0.1, 0.15) is 18.9 Å². The zero-order chi connectivity index (χ0) is 17.6. The minimum Gasteiger partial charge on any atom is -0.378 e. The van der Waals surface area contributed by atoms with Crippen LogP contribution in [-0.2, 0) is 15.7 Å². The molecule has 0 radical (unpaired) electrons. The summed E-state index contributed by atoms with van der Waals surface area (Å²) in [6.07, 6.45) is -3.23. The van der Waals surface area contributed by atoms with Gasteiger partial charge >= 0.3 is 6.18 Å². The van der Waals surface area contributed by atoms with Crippen molar-refractivity contribution >= 4 is 17.3 Å². The van der Waals surface area contributed by atoms with Gasteiger partial charge in [-0.25, -0.2) is 0 Å². The maximum atomic E-state index is 13.2. The number of nitrogens with zero attached hydrogens (tertiary/aromatic N) is 1. The third kappa shape index (κ3) is 5.59. The minimum atomic E-state index is -4.57. The Labute approximate surface area is 133 Å². The van der Waals surface area contributed by atoms with Crippen molar-refractivity contribution in [3.63, 3.8) is 0 Å². The summed E-state index contributed by atoms with van der Waals surface area (Å²) in [5.41, 5.74) is -0.784. The summed E-state index contributed by atoms with van der Waals surface area (Å²) in [4.78, 5) is 13.5. The van der Waals surface area contributed by atoms with E-state index in [4.69, 9.17) is 4.74 Å². The van der Waals surface area contributed by atoms with Crippen molar-refractivity contribution in [3.05, 3.63) is 36.4 Å². The summed E-state index contributed by atoms with van der Waals surface area (Å²) in [6, 6.07) is 3.75. The molecule has 0 aliphatic carbocycles. The van der Waals surface area contributed by atoms with Crippen molar-refractivity contribution < 1.29 is 22.7 Å². The van der Waals surface area contributed by atoms with E-state index in [-0.39, 0.29) is 12.3 Å². The number of amides is 1. The molecule has 1 aromatic rings. The van der Waals surface area contributed by atoms with Gasteiger partial charge < -0.3 is 15.0 Å². The van der Waals surface area contributed by atoms with Crippen LogP contribution in [0.3, 0.4) is 0 Å². The lowest BCUT2D eigenvalue weighted by atomic mass is 10.1. The zero-order valence-electron chi connectivity index (χ0n) is 13.4. The summed E-state index contributed by atoms with van der Waals surface area (Å²) in [7, 11) is 3.28. The molecule has 23 heavy (non-hydrogen) atoms. The molecule has 1 rings (SSSR count). The monoisotopic (exact) mass is 330 g/mol. The van der Waals surface area contributed by atoms with E-state index in [1.54, 1.807) is 25.1 Å². The van der Waals surface area contributed by atoms with Crippen LogP contribution in [0, 0.1) is 0 Å². The number of nitrogens with one attached hydrogen (secondary N) is 1. The van der Waals surface area contributed by atoms with E-state index in [0.29, 0.717) is 12.1 Å². The van der Waals surface area contributed by atoms with Gasteiger partial charge in [0.05, 0.1) is 17.9 Å². The van der Waals surface area contributed by atoms with E-state index in [9.17, 15) is 18.0 Å². The molecule has 1 amide bonds. The Hall–Kier alpha value is -2.02. The SMILES string of the molecule is C=CCCOC(C)C(=O)Nc1ccc(N(C)C)cc1C(F)(F)F. The molecule has 7 heteroatoms. The van der Waals surface area contributed by atoms with Gasteiger partial charge in [-0.15, -0.1) is 6.58 Å². The first-order valence-electron chi connectivity index (χ1n) is 7.08. The Morgan fingerprint density at radius 3 is 2.61 bits per heavy atom. The van der Waals surface area contributed by atoms with Crippen molar-refractivity contribution in [3.8, 4) is 0 Å². The highest BCUT2D eigenvalue weighted by atomic mass is 19.4. The Morgan fingerprint density at radius 1 is 1.43 bits per heavy atom. The van der Waals surface area contributed by atoms with Crippen LogP contribution in [-0.4, -0.2) is 32.7 Å². The zero-order valence-corrected chi connectivity index (χ0v) is 13.4. The second-order valence-electron chi connectivity index (χ2n) is 5.20. The second kappa shape index (κ2) is 8.01. The molecule has 0 aliphatic heterocycles. The number of carbonyl (C=O) groups excluding carboxylic acids is 1. The highest BCUT2D eigenvalue weighted by molar-refractivity contribution is 5.95. The number of benzene rings is 1. The molecule has 1 N–H and O–H groups in total. The predicted molar refractivity (Wildman–Crippen MR) is 84.6 cm³/mol. The topological polar surface area (TPSA) is 41.6 Å². The molecule has 0 fully saturated rings. The highest BCUT2D eigenvalue weighted by Gasteiger charge is 2.34. The number of ether oxygens (including phenoxy) is 1. The Morgan fingerprint density at radius 2 is 2.09 bits per heavy atom. The van der Waals surface area contributed by atoms with Crippen LogP contribution in [0.25, 0.3) is 0 Å². The fourth-order valence-corrected chi connectivity index (χ4v) is 1.79. The van der Waals surface area contributed by atoms with E-state index in [1.807, 2.05) is 0 Å². The minimum absolute atomic E-state index is 0.282. The number of rotatable bonds is 7. The summed E-state index contributed by atoms with van der Waals surface area (Å²) >= 11 is 0. The number of anilines is 2. The van der Waals surface area contributed by atoms with Gasteiger partial charge in [0.2, 0.25) is 0 Å². The van der Waals surface area contributed by atoms with Crippen molar-refractivity contribution in [2.75, 3.05) is 30.9 Å². The first-order valence-corrected chi connectivity index (χ1v) is 7.08. The lowest BCUT2D eigenvalue weighted by molar-refractivity contribution is -0.137. The Balaban J connectivity index is 2.94. The van der Waals surface area contributed by atoms with Gasteiger partial charge in [-0.1, -0.05) is 6.08 Å². The average Bonchev–Trinajstić information content (AvgIpc) is 2.46. The van der Waals surface area contributed by atoms with Gasteiger partial charge in [0.25, 0.3) is 5.91 Å². The third-order valence-corrected chi connectivity index (χ3v) is 3.14. The molecule has 1 atom stereocenters. The normalized spacial score (nSPS) is 12.6. The number of hydrogen-bond donors (Lipinski definition) is 1. The molecule has 128 valence electrons. The molecule has 4 nitrogen and oxygen atoms in total. The van der Waals surface area contributed by atoms with Gasteiger partial charge in [-0.3, -0.25) is 4.79 Å². The van der Waals surface area contributed by atoms with E-state index in [0.717, 1.165) is 6.07 Å². The number of carbonyl (C=O) groups is 1. The standard InChI is InChI=1S/C16H21F3N2O2/c1-5-6-9-23-11(2)15(22)20-14-8-7-12(21(3)4)10-13(14)16(17,18)19/h5,7-8,10-11H,1,6,9H2,2-4H3,(H,20,22). The predicted octanol–water partition coefficient (Wildman–Crippen LogP) is 3.69. The van der Waals surface area contributed by atoms with Gasteiger partial charge in [-0.2, -0.15) is 13.2 Å². The molecule has 1 unspecified atom stereocenters. The molecule has 0 heterocycles. The highest BCUT2D eigenvalue weighted by Crippen LogP contribution is 2.37. The maximum absolute atomic E-state index is 13.2. The first kappa shape index (κ1) is 19.0. The largest absolute Gasteiger partial charge is 0.418 e. The quantitative estimate of drug-likeness (QED) is 0.612. The van der Waals surface area contributed by atoms with Crippen molar-refractivity contribution in [2.24, 2.45) is 0 Å². The maximum Gasteiger partial charge on any atom is 0.418 e. The van der Waals surface area contributed by atoms with Crippen molar-refractivity contribution in [1.29, 1.82) is 0 Å². The van der Waals surface area contributed by atoms with Gasteiger partial charge in [0.1, 0.15) is 6.10 Å². The van der Waals surface area contributed by atoms with E-state index in [1.165, 1.54) is 19.1 Å². The molecule has 0 aromatic heterocycles. The van der Waals surface area contributed by atoms with E-state index in [2.05, 4.69) is 11.9 Å². The number of hydrogen-bond acceptors (Lipinski definition) is 3. The van der Waals surface area contributed by atoms with E-state index >= 15 is 0 Å². The molecule has 0 saturated heterocycles. The van der Waals surface area contributed by atoms with Crippen molar-refractivity contribution in [2.45, 2.75) is 25.6 Å². The molecular weight excluding hydrogens is 309 g/mol. The van der Waals surface area contributed by atoms with Crippen molar-refractivity contribution in [1.82, 2.24) is 0 Å². The third-order valence-electron chi connectivity index (χ3n) is 3.14. The lowest BCUT2D eigenvalue weighted by Gasteiger charge is -2.20. The lowest BCUT2D eigenvalue weighted by Crippen LogP contribution is -2.29. The molecule has 0 aliphatic rings. The molecular formula is C16H21F3N2O2. The summed E-state index contributed by atoms with van der Waals surface area (Å²) in [6.45, 7) is 5.29. The first-order chi connectivity index (χ1) is 10.7. The van der Waals surface area contributed by atoms with Crippen LogP contribution in [0.15, 0.2) is 30.9 Å². The van der Waals surface area contributed by atoms with Crippen LogP contribution in [0.2, 0.25) is 0 Å². The van der Waals surface area contributed by atoms with Gasteiger partial charge in [0, 0.05) is 19.8 Å². The van der Waals surface area contributed by atoms with Crippen LogP contribution in [0.5, 0.6) is 0 Å². The second-order valence-corrected chi connectivity index (χ2v) is 5.20. The fourth-order valence-electron chi connectivity index (χ4n) is 1.79. The molecule has 0 spiro atoms. The van der Waals surface area contributed by atoms with Crippen LogP contribution >= 0.6 is 0 Å². The molecule has 0 bridgehead atoms. The Kier molecular flexibility index (Phi) is 6.62. The smallest absolute Gasteiger partial charge is 0.378 e. The molecule has 1 aromatic carbocycles. The van der Waals surface area contributed by atoms with Gasteiger partial charge in [-0.05, 0) is 31.5 Å².